The van der Waals surface area contributed by atoms with Gasteiger partial charge in [0.05, 0.1) is 5.56 Å². The van der Waals surface area contributed by atoms with Gasteiger partial charge in [-0.2, -0.15) is 0 Å². The summed E-state index contributed by atoms with van der Waals surface area (Å²) in [6, 6.07) is 60.0. The van der Waals surface area contributed by atoms with Crippen LogP contribution in [0.25, 0.3) is 99.9 Å². The average Bonchev–Trinajstić information content (AvgIpc) is 3.69. The molecule has 58 heavy (non-hydrogen) atoms. The van der Waals surface area contributed by atoms with Gasteiger partial charge >= 0.3 is 0 Å². The van der Waals surface area contributed by atoms with Crippen molar-refractivity contribution in [1.82, 2.24) is 15.0 Å². The highest BCUT2D eigenvalue weighted by Crippen LogP contribution is 2.66. The van der Waals surface area contributed by atoms with Gasteiger partial charge in [0, 0.05) is 32.7 Å². The number of rotatable bonds is 4. The second-order valence-corrected chi connectivity index (χ2v) is 15.8. The van der Waals surface area contributed by atoms with Gasteiger partial charge in [-0.25, -0.2) is 15.0 Å². The number of benzene rings is 8. The minimum Gasteiger partial charge on any atom is -0.456 e. The molecule has 0 radical (unpaired) electrons. The lowest BCUT2D eigenvalue weighted by Gasteiger charge is -2.17. The van der Waals surface area contributed by atoms with Crippen LogP contribution < -0.4 is 0 Å². The lowest BCUT2D eigenvalue weighted by Crippen LogP contribution is -2.03. The Morgan fingerprint density at radius 2 is 1.09 bits per heavy atom. The number of para-hydroxylation sites is 3. The molecular formula is C53H33N3O2. The van der Waals surface area contributed by atoms with Crippen molar-refractivity contribution in [2.45, 2.75) is 18.3 Å². The highest BCUT2D eigenvalue weighted by molar-refractivity contribution is 6.13. The predicted molar refractivity (Wildman–Crippen MR) is 233 cm³/mol. The van der Waals surface area contributed by atoms with Gasteiger partial charge in [0.25, 0.3) is 0 Å². The molecule has 0 bridgehead atoms. The van der Waals surface area contributed by atoms with Gasteiger partial charge in [0.15, 0.2) is 17.5 Å². The summed E-state index contributed by atoms with van der Waals surface area (Å²) in [4.78, 5) is 16.0. The zero-order valence-electron chi connectivity index (χ0n) is 31.3. The molecule has 2 unspecified atom stereocenters. The first-order valence-corrected chi connectivity index (χ1v) is 20.0. The SMILES string of the molecule is c1ccc(-c2nc(-c3cccc4c3oc3ccccc34)nc(-c3c(C4C5c6ccccc6-c6cc7ccccc7cc6C[C@@H]54)ccc4oc5ccccc5c34)n2)cc1. The van der Waals surface area contributed by atoms with Gasteiger partial charge in [-0.05, 0) is 93.1 Å². The second-order valence-electron chi connectivity index (χ2n) is 15.8. The van der Waals surface area contributed by atoms with E-state index in [1.165, 1.54) is 38.6 Å². The molecule has 3 aromatic heterocycles. The maximum absolute atomic E-state index is 6.59. The molecule has 8 aromatic carbocycles. The largest absolute Gasteiger partial charge is 0.456 e. The smallest absolute Gasteiger partial charge is 0.167 e. The normalized spacial score (nSPS) is 17.1. The van der Waals surface area contributed by atoms with Crippen LogP contribution in [-0.2, 0) is 6.42 Å². The number of hydrogen-bond donors (Lipinski definition) is 0. The van der Waals surface area contributed by atoms with Crippen LogP contribution in [0.15, 0.2) is 179 Å². The summed E-state index contributed by atoms with van der Waals surface area (Å²) in [6.07, 6.45) is 0.986. The molecule has 2 aliphatic rings. The fourth-order valence-corrected chi connectivity index (χ4v) is 10.1. The minimum absolute atomic E-state index is 0.244. The summed E-state index contributed by atoms with van der Waals surface area (Å²) in [7, 11) is 0. The Morgan fingerprint density at radius 1 is 0.431 bits per heavy atom. The number of nitrogens with zero attached hydrogens (tertiary/aromatic N) is 3. The third-order valence-corrected chi connectivity index (χ3v) is 12.7. The molecule has 0 N–H and O–H groups in total. The molecule has 0 amide bonds. The summed E-state index contributed by atoms with van der Waals surface area (Å²) in [6.45, 7) is 0. The lowest BCUT2D eigenvalue weighted by molar-refractivity contribution is 0.668. The molecule has 0 spiro atoms. The highest BCUT2D eigenvalue weighted by Gasteiger charge is 2.54. The maximum atomic E-state index is 6.59. The van der Waals surface area contributed by atoms with Crippen molar-refractivity contribution >= 4 is 54.6 Å². The predicted octanol–water partition coefficient (Wildman–Crippen LogP) is 13.5. The van der Waals surface area contributed by atoms with E-state index in [-0.39, 0.29) is 5.92 Å². The summed E-state index contributed by atoms with van der Waals surface area (Å²) in [5.74, 6) is 2.79. The fourth-order valence-electron chi connectivity index (χ4n) is 10.1. The molecule has 5 nitrogen and oxygen atoms in total. The Kier molecular flexibility index (Phi) is 6.61. The van der Waals surface area contributed by atoms with Gasteiger partial charge < -0.3 is 8.83 Å². The number of aromatic nitrogens is 3. The fraction of sp³-hybridized carbons (Fsp3) is 0.0755. The molecule has 0 aliphatic heterocycles. The van der Waals surface area contributed by atoms with Crippen LogP contribution in [0.1, 0.15) is 28.5 Å². The van der Waals surface area contributed by atoms with E-state index in [1.54, 1.807) is 0 Å². The molecule has 13 rings (SSSR count). The van der Waals surface area contributed by atoms with Crippen molar-refractivity contribution in [3.05, 3.63) is 187 Å². The standard InChI is InChI=1S/C53H33N3O2/c1-2-13-30(14-3-1)51-54-52(40-22-12-21-37-35-18-8-10-23-43(35)58-50(37)40)56-53(55-51)49-39(25-26-45-48(49)38-20-9-11-24-44(38)57-45)47-42-29-33-27-31-15-4-5-16-32(31)28-41(33)34-17-6-7-19-36(34)46(42)47/h1-28,42,46-47H,29H2/t42-,46?,47?/m0/s1. The number of fused-ring (bicyclic) bond motifs is 12. The second kappa shape index (κ2) is 12.1. The Morgan fingerprint density at radius 3 is 1.97 bits per heavy atom. The molecule has 3 atom stereocenters. The van der Waals surface area contributed by atoms with E-state index < -0.39 is 0 Å². The maximum Gasteiger partial charge on any atom is 0.167 e. The number of hydrogen-bond acceptors (Lipinski definition) is 5. The zero-order chi connectivity index (χ0) is 37.9. The van der Waals surface area contributed by atoms with Gasteiger partial charge in [-0.15, -0.1) is 0 Å². The van der Waals surface area contributed by atoms with Gasteiger partial charge in [0.1, 0.15) is 22.3 Å². The third kappa shape index (κ3) is 4.67. The molecule has 1 saturated carbocycles. The monoisotopic (exact) mass is 743 g/mol. The summed E-state index contributed by atoms with van der Waals surface area (Å²) in [5.41, 5.74) is 12.8. The first-order valence-electron chi connectivity index (χ1n) is 20.0. The van der Waals surface area contributed by atoms with E-state index in [0.29, 0.717) is 29.3 Å². The molecule has 1 fully saturated rings. The lowest BCUT2D eigenvalue weighted by atomic mass is 9.88. The van der Waals surface area contributed by atoms with Crippen molar-refractivity contribution in [3.63, 3.8) is 0 Å². The Hall–Kier alpha value is -7.37. The van der Waals surface area contributed by atoms with Crippen LogP contribution >= 0.6 is 0 Å². The Balaban J connectivity index is 1.07. The van der Waals surface area contributed by atoms with Gasteiger partial charge in [-0.1, -0.05) is 140 Å². The minimum atomic E-state index is 0.244. The van der Waals surface area contributed by atoms with Crippen LogP contribution in [0.4, 0.5) is 0 Å². The summed E-state index contributed by atoms with van der Waals surface area (Å²) >= 11 is 0. The van der Waals surface area contributed by atoms with E-state index >= 15 is 0 Å². The van der Waals surface area contributed by atoms with E-state index in [4.69, 9.17) is 23.8 Å². The van der Waals surface area contributed by atoms with Crippen molar-refractivity contribution in [2.75, 3.05) is 0 Å². The first-order chi connectivity index (χ1) is 28.7. The van der Waals surface area contributed by atoms with Crippen molar-refractivity contribution in [3.8, 4) is 45.3 Å². The first kappa shape index (κ1) is 31.8. The molecule has 11 aromatic rings. The van der Waals surface area contributed by atoms with E-state index in [1.807, 2.05) is 48.5 Å². The van der Waals surface area contributed by atoms with Crippen LogP contribution in [-0.4, -0.2) is 15.0 Å². The van der Waals surface area contributed by atoms with Gasteiger partial charge in [-0.3, -0.25) is 0 Å². The number of furan rings is 2. The molecule has 2 aliphatic carbocycles. The molecular weight excluding hydrogens is 711 g/mol. The molecule has 5 heteroatoms. The zero-order valence-corrected chi connectivity index (χ0v) is 31.3. The van der Waals surface area contributed by atoms with Crippen LogP contribution in [0.5, 0.6) is 0 Å². The molecule has 3 heterocycles. The van der Waals surface area contributed by atoms with Gasteiger partial charge in [0.2, 0.25) is 0 Å². The van der Waals surface area contributed by atoms with E-state index in [9.17, 15) is 0 Å². The summed E-state index contributed by atoms with van der Waals surface area (Å²) in [5, 5.41) is 6.75. The quantitative estimate of drug-likeness (QED) is 0.180. The Labute approximate surface area is 333 Å². The van der Waals surface area contributed by atoms with Crippen molar-refractivity contribution in [2.24, 2.45) is 5.92 Å². The topological polar surface area (TPSA) is 65.0 Å². The van der Waals surface area contributed by atoms with E-state index in [2.05, 4.69) is 121 Å². The summed E-state index contributed by atoms with van der Waals surface area (Å²) < 4.78 is 13.2. The van der Waals surface area contributed by atoms with Crippen LogP contribution in [0.2, 0.25) is 0 Å². The van der Waals surface area contributed by atoms with Crippen LogP contribution in [0, 0.1) is 5.92 Å². The Bertz CT molecular complexity index is 3470. The average molecular weight is 744 g/mol. The van der Waals surface area contributed by atoms with Crippen LogP contribution in [0.3, 0.4) is 0 Å². The van der Waals surface area contributed by atoms with Crippen molar-refractivity contribution in [1.29, 1.82) is 0 Å². The third-order valence-electron chi connectivity index (χ3n) is 12.7. The highest BCUT2D eigenvalue weighted by atomic mass is 16.3. The molecule has 272 valence electrons. The van der Waals surface area contributed by atoms with E-state index in [0.717, 1.165) is 67.0 Å². The molecule has 0 saturated heterocycles. The van der Waals surface area contributed by atoms with Crippen molar-refractivity contribution < 1.29 is 8.83 Å².